The number of hydrogen-bond donors (Lipinski definition) is 0. The molecule has 6 nitrogen and oxygen atoms in total. The van der Waals surface area contributed by atoms with Crippen molar-refractivity contribution in [1.82, 2.24) is 0 Å². The molecule has 0 heterocycles. The summed E-state index contributed by atoms with van der Waals surface area (Å²) in [4.78, 5) is 0. The van der Waals surface area contributed by atoms with E-state index in [0.717, 1.165) is 36.9 Å². The van der Waals surface area contributed by atoms with Gasteiger partial charge in [-0.15, -0.1) is 0 Å². The summed E-state index contributed by atoms with van der Waals surface area (Å²) in [6, 6.07) is 10.5. The normalized spacial score (nSPS) is 12.8. The highest BCUT2D eigenvalue weighted by Gasteiger charge is 2.38. The van der Waals surface area contributed by atoms with Gasteiger partial charge in [-0.2, -0.15) is 26.3 Å². The summed E-state index contributed by atoms with van der Waals surface area (Å²) in [6.07, 6.45) is -7.49. The fourth-order valence-electron chi connectivity index (χ4n) is 2.76. The van der Waals surface area contributed by atoms with Gasteiger partial charge in [-0.05, 0) is 61.4 Å². The third kappa shape index (κ3) is 11.9. The van der Waals surface area contributed by atoms with E-state index in [-0.39, 0.29) is 24.3 Å². The average molecular weight is 599 g/mol. The Labute approximate surface area is 231 Å². The first-order valence-corrected chi connectivity index (χ1v) is 13.7. The van der Waals surface area contributed by atoms with E-state index in [9.17, 15) is 26.3 Å². The Bertz CT molecular complexity index is 963. The molecule has 0 fully saturated rings. The van der Waals surface area contributed by atoms with Crippen LogP contribution in [0, 0.1) is 0 Å². The van der Waals surface area contributed by atoms with Crippen LogP contribution in [0.2, 0.25) is 0 Å². The Morgan fingerprint density at radius 1 is 0.641 bits per heavy atom. The first-order chi connectivity index (χ1) is 18.6. The van der Waals surface area contributed by atoms with Crippen molar-refractivity contribution in [2.75, 3.05) is 24.7 Å². The van der Waals surface area contributed by atoms with E-state index in [0.29, 0.717) is 29.4 Å². The molecular formula is C25H28F6N2O4S2. The second kappa shape index (κ2) is 16.4. The first kappa shape index (κ1) is 32.5. The average Bonchev–Trinajstić information content (AvgIpc) is 2.88. The molecule has 0 radical (unpaired) electrons. The minimum Gasteiger partial charge on any atom is -0.493 e. The molecule has 0 saturated heterocycles. The summed E-state index contributed by atoms with van der Waals surface area (Å²) in [5.74, 6) is 1.73. The maximum absolute atomic E-state index is 13.3. The standard InChI is InChI=1S/C25H28F6N2O4S2/c1-3-16-38-36-32-22(24(26,27)28)18-6-10-20(11-7-18)34-14-5-15-35-21-12-8-19(9-13-21)23(25(29,30)31)33-37-39-17-4-2/h6-13H,3-5,14-17H2,1-2H3/b32-22-,33-23-. The van der Waals surface area contributed by atoms with Gasteiger partial charge in [0.05, 0.1) is 37.3 Å². The molecule has 0 saturated carbocycles. The highest BCUT2D eigenvalue weighted by molar-refractivity contribution is 7.94. The fourth-order valence-corrected chi connectivity index (χ4v) is 3.50. The number of nitrogens with zero attached hydrogens (tertiary/aromatic N) is 2. The summed E-state index contributed by atoms with van der Waals surface area (Å²) in [7, 11) is 0. The molecule has 0 aliphatic carbocycles. The van der Waals surface area contributed by atoms with Crippen LogP contribution in [0.1, 0.15) is 44.2 Å². The van der Waals surface area contributed by atoms with Gasteiger partial charge in [0, 0.05) is 29.1 Å². The van der Waals surface area contributed by atoms with Gasteiger partial charge in [-0.3, -0.25) is 0 Å². The zero-order valence-corrected chi connectivity index (χ0v) is 22.8. The number of oxime groups is 2. The zero-order chi connectivity index (χ0) is 28.7. The van der Waals surface area contributed by atoms with Crippen molar-refractivity contribution >= 4 is 35.5 Å². The van der Waals surface area contributed by atoms with Gasteiger partial charge in [0.15, 0.2) is 11.4 Å². The summed E-state index contributed by atoms with van der Waals surface area (Å²) in [5, 5.41) is 6.44. The monoisotopic (exact) mass is 598 g/mol. The van der Waals surface area contributed by atoms with Crippen molar-refractivity contribution in [2.45, 2.75) is 45.5 Å². The molecule has 14 heteroatoms. The summed E-state index contributed by atoms with van der Waals surface area (Å²) in [5.41, 5.74) is -2.62. The van der Waals surface area contributed by atoms with Crippen LogP contribution < -0.4 is 9.47 Å². The van der Waals surface area contributed by atoms with Gasteiger partial charge in [-0.25, -0.2) is 0 Å². The van der Waals surface area contributed by atoms with E-state index in [1.807, 2.05) is 13.8 Å². The predicted octanol–water partition coefficient (Wildman–Crippen LogP) is 8.22. The number of benzene rings is 2. The highest BCUT2D eigenvalue weighted by atomic mass is 32.2. The lowest BCUT2D eigenvalue weighted by atomic mass is 10.1. The quantitative estimate of drug-likeness (QED) is 0.0638. The Kier molecular flexibility index (Phi) is 13.6. The van der Waals surface area contributed by atoms with Gasteiger partial charge >= 0.3 is 12.4 Å². The van der Waals surface area contributed by atoms with E-state index in [1.165, 1.54) is 48.5 Å². The third-order valence-corrected chi connectivity index (χ3v) is 6.07. The van der Waals surface area contributed by atoms with Crippen LogP contribution in [0.5, 0.6) is 11.5 Å². The van der Waals surface area contributed by atoms with Crippen LogP contribution in [0.3, 0.4) is 0 Å². The lowest BCUT2D eigenvalue weighted by Crippen LogP contribution is -2.24. The molecule has 0 amide bonds. The Hall–Kier alpha value is -2.74. The minimum absolute atomic E-state index is 0.163. The number of hydrogen-bond acceptors (Lipinski definition) is 8. The van der Waals surface area contributed by atoms with Crippen molar-refractivity contribution in [1.29, 1.82) is 0 Å². The Morgan fingerprint density at radius 3 is 1.31 bits per heavy atom. The molecule has 0 bridgehead atoms. The third-order valence-electron chi connectivity index (χ3n) is 4.56. The number of rotatable bonds is 16. The molecule has 0 spiro atoms. The molecule has 2 aromatic carbocycles. The van der Waals surface area contributed by atoms with Crippen molar-refractivity contribution in [3.05, 3.63) is 59.7 Å². The van der Waals surface area contributed by atoms with Crippen LogP contribution in [0.15, 0.2) is 58.8 Å². The van der Waals surface area contributed by atoms with Crippen LogP contribution in [-0.4, -0.2) is 48.5 Å². The lowest BCUT2D eigenvalue weighted by molar-refractivity contribution is -0.0605. The lowest BCUT2D eigenvalue weighted by Gasteiger charge is -2.12. The van der Waals surface area contributed by atoms with Crippen LogP contribution in [0.25, 0.3) is 0 Å². The maximum atomic E-state index is 13.3. The van der Waals surface area contributed by atoms with Crippen molar-refractivity contribution in [3.8, 4) is 11.5 Å². The topological polar surface area (TPSA) is 61.6 Å². The Balaban J connectivity index is 1.84. The van der Waals surface area contributed by atoms with Crippen LogP contribution in [-0.2, 0) is 8.57 Å². The molecule has 0 aliphatic rings. The van der Waals surface area contributed by atoms with Crippen molar-refractivity contribution < 1.29 is 44.4 Å². The number of alkyl halides is 6. The second-order valence-electron chi connectivity index (χ2n) is 7.77. The van der Waals surface area contributed by atoms with Gasteiger partial charge in [0.25, 0.3) is 0 Å². The molecule has 0 N–H and O–H groups in total. The SMILES string of the molecule is CCCSO/N=C(/c1ccc(OCCCOc2ccc(/C(=N/OSCCC)C(F)(F)F)cc2)cc1)C(F)(F)F. The fraction of sp³-hybridized carbons (Fsp3) is 0.440. The van der Waals surface area contributed by atoms with Gasteiger partial charge in [0.1, 0.15) is 11.5 Å². The van der Waals surface area contributed by atoms with E-state index < -0.39 is 23.8 Å². The van der Waals surface area contributed by atoms with Crippen molar-refractivity contribution in [3.63, 3.8) is 0 Å². The predicted molar refractivity (Wildman–Crippen MR) is 141 cm³/mol. The van der Waals surface area contributed by atoms with Gasteiger partial charge in [-0.1, -0.05) is 24.2 Å². The maximum Gasteiger partial charge on any atom is 0.437 e. The number of ether oxygens (including phenoxy) is 2. The second-order valence-corrected chi connectivity index (χ2v) is 9.35. The van der Waals surface area contributed by atoms with Crippen LogP contribution >= 0.6 is 24.1 Å². The molecule has 2 rings (SSSR count). The smallest absolute Gasteiger partial charge is 0.437 e. The first-order valence-electron chi connectivity index (χ1n) is 11.9. The zero-order valence-electron chi connectivity index (χ0n) is 21.2. The summed E-state index contributed by atoms with van der Waals surface area (Å²) >= 11 is 1.67. The highest BCUT2D eigenvalue weighted by Crippen LogP contribution is 2.27. The van der Waals surface area contributed by atoms with E-state index in [4.69, 9.17) is 18.0 Å². The summed E-state index contributed by atoms with van der Waals surface area (Å²) in [6.45, 7) is 4.13. The molecule has 0 aliphatic heterocycles. The largest absolute Gasteiger partial charge is 0.493 e. The van der Waals surface area contributed by atoms with Gasteiger partial charge < -0.3 is 18.0 Å². The Morgan fingerprint density at radius 2 is 1.00 bits per heavy atom. The molecule has 0 unspecified atom stereocenters. The van der Waals surface area contributed by atoms with E-state index >= 15 is 0 Å². The molecule has 216 valence electrons. The van der Waals surface area contributed by atoms with E-state index in [1.54, 1.807) is 0 Å². The molecule has 39 heavy (non-hydrogen) atoms. The molecule has 0 atom stereocenters. The van der Waals surface area contributed by atoms with Crippen LogP contribution in [0.4, 0.5) is 26.3 Å². The van der Waals surface area contributed by atoms with Gasteiger partial charge in [0.2, 0.25) is 0 Å². The summed E-state index contributed by atoms with van der Waals surface area (Å²) < 4.78 is 100. The minimum atomic E-state index is -4.69. The van der Waals surface area contributed by atoms with Crippen molar-refractivity contribution in [2.24, 2.45) is 10.3 Å². The van der Waals surface area contributed by atoms with E-state index in [2.05, 4.69) is 10.3 Å². The molecular weight excluding hydrogens is 570 g/mol. The number of halogens is 6. The molecule has 2 aromatic rings. The molecule has 0 aromatic heterocycles.